The summed E-state index contributed by atoms with van der Waals surface area (Å²) in [6, 6.07) is 17.2. The Morgan fingerprint density at radius 2 is 1.83 bits per heavy atom. The van der Waals surface area contributed by atoms with E-state index in [0.717, 1.165) is 0 Å². The lowest BCUT2D eigenvalue weighted by atomic mass is 9.99. The van der Waals surface area contributed by atoms with Crippen LogP contribution in [0.3, 0.4) is 0 Å². The smallest absolute Gasteiger partial charge is 0.0355 e. The summed E-state index contributed by atoms with van der Waals surface area (Å²) in [6.07, 6.45) is 0. The Hall–Kier alpha value is -1.64. The maximum absolute atomic E-state index is 5.70. The zero-order valence-corrected chi connectivity index (χ0v) is 11.1. The molecule has 2 N–H and O–H groups in total. The predicted octanol–water partition coefficient (Wildman–Crippen LogP) is 4.34. The molecule has 0 radical (unpaired) electrons. The third-order valence-corrected chi connectivity index (χ3v) is 4.37. The van der Waals surface area contributed by atoms with Crippen molar-refractivity contribution in [1.29, 1.82) is 0 Å². The summed E-state index contributed by atoms with van der Waals surface area (Å²) in [6.45, 7) is 2.79. The topological polar surface area (TPSA) is 26.0 Å². The normalized spacial score (nSPS) is 11.0. The molecule has 3 rings (SSSR count). The molecule has 0 aliphatic rings. The van der Waals surface area contributed by atoms with Crippen molar-refractivity contribution in [1.82, 2.24) is 0 Å². The van der Waals surface area contributed by atoms with Crippen molar-refractivity contribution in [3.8, 4) is 10.4 Å². The SMILES string of the molecule is Cc1ccc2ccccc2c1-c1ccc(CN)s1. The van der Waals surface area contributed by atoms with Crippen LogP contribution in [0, 0.1) is 6.92 Å². The fourth-order valence-electron chi connectivity index (χ4n) is 2.33. The summed E-state index contributed by atoms with van der Waals surface area (Å²) >= 11 is 1.79. The van der Waals surface area contributed by atoms with Crippen LogP contribution in [0.5, 0.6) is 0 Å². The first-order valence-electron chi connectivity index (χ1n) is 6.07. The Morgan fingerprint density at radius 1 is 1.00 bits per heavy atom. The van der Waals surface area contributed by atoms with Crippen molar-refractivity contribution in [2.45, 2.75) is 13.5 Å². The van der Waals surface area contributed by atoms with Gasteiger partial charge in [-0.2, -0.15) is 0 Å². The molecule has 2 heteroatoms. The van der Waals surface area contributed by atoms with Gasteiger partial charge in [0.05, 0.1) is 0 Å². The molecule has 90 valence electrons. The van der Waals surface area contributed by atoms with E-state index in [0.29, 0.717) is 6.54 Å². The molecule has 3 aromatic rings. The molecule has 0 saturated heterocycles. The summed E-state index contributed by atoms with van der Waals surface area (Å²) in [5.41, 5.74) is 8.37. The van der Waals surface area contributed by atoms with Crippen LogP contribution in [-0.4, -0.2) is 0 Å². The Morgan fingerprint density at radius 3 is 2.61 bits per heavy atom. The molecule has 0 atom stereocenters. The van der Waals surface area contributed by atoms with Gasteiger partial charge in [-0.1, -0.05) is 36.4 Å². The van der Waals surface area contributed by atoms with E-state index in [1.54, 1.807) is 11.3 Å². The second-order valence-electron chi connectivity index (χ2n) is 4.45. The van der Waals surface area contributed by atoms with Gasteiger partial charge in [0.1, 0.15) is 0 Å². The van der Waals surface area contributed by atoms with Gasteiger partial charge in [-0.15, -0.1) is 11.3 Å². The molecule has 2 aromatic carbocycles. The van der Waals surface area contributed by atoms with Crippen LogP contribution >= 0.6 is 11.3 Å². The highest BCUT2D eigenvalue weighted by Gasteiger charge is 2.09. The van der Waals surface area contributed by atoms with Gasteiger partial charge in [-0.25, -0.2) is 0 Å². The maximum atomic E-state index is 5.70. The molecule has 1 nitrogen and oxygen atoms in total. The van der Waals surface area contributed by atoms with E-state index < -0.39 is 0 Å². The van der Waals surface area contributed by atoms with E-state index in [9.17, 15) is 0 Å². The maximum Gasteiger partial charge on any atom is 0.0355 e. The molecule has 0 spiro atoms. The molecular formula is C16H15NS. The van der Waals surface area contributed by atoms with Crippen molar-refractivity contribution in [2.75, 3.05) is 0 Å². The third-order valence-electron chi connectivity index (χ3n) is 3.25. The minimum atomic E-state index is 0.620. The van der Waals surface area contributed by atoms with Crippen LogP contribution in [0.15, 0.2) is 48.5 Å². The number of thiophene rings is 1. The third kappa shape index (κ3) is 1.84. The zero-order valence-electron chi connectivity index (χ0n) is 10.3. The molecule has 0 amide bonds. The van der Waals surface area contributed by atoms with Gasteiger partial charge in [0.25, 0.3) is 0 Å². The Bertz CT molecular complexity index is 697. The van der Waals surface area contributed by atoms with Crippen LogP contribution in [-0.2, 0) is 6.54 Å². The van der Waals surface area contributed by atoms with Crippen LogP contribution in [0.1, 0.15) is 10.4 Å². The molecule has 0 aliphatic carbocycles. The average molecular weight is 253 g/mol. The van der Waals surface area contributed by atoms with E-state index in [4.69, 9.17) is 5.73 Å². The van der Waals surface area contributed by atoms with Gasteiger partial charge in [-0.3, -0.25) is 0 Å². The molecule has 0 fully saturated rings. The van der Waals surface area contributed by atoms with Gasteiger partial charge >= 0.3 is 0 Å². The lowest BCUT2D eigenvalue weighted by Crippen LogP contribution is -1.91. The molecule has 0 bridgehead atoms. The highest BCUT2D eigenvalue weighted by Crippen LogP contribution is 2.36. The standard InChI is InChI=1S/C16H15NS/c1-11-6-7-12-4-2-3-5-14(12)16(11)15-9-8-13(10-17)18-15/h2-9H,10,17H2,1H3. The van der Waals surface area contributed by atoms with Crippen molar-refractivity contribution < 1.29 is 0 Å². The summed E-state index contributed by atoms with van der Waals surface area (Å²) in [7, 11) is 0. The fraction of sp³-hybridized carbons (Fsp3) is 0.125. The van der Waals surface area contributed by atoms with Gasteiger partial charge < -0.3 is 5.73 Å². The van der Waals surface area contributed by atoms with Gasteiger partial charge in [-0.05, 0) is 35.4 Å². The number of hydrogen-bond acceptors (Lipinski definition) is 2. The van der Waals surface area contributed by atoms with Crippen molar-refractivity contribution in [2.24, 2.45) is 5.73 Å². The van der Waals surface area contributed by atoms with E-state index in [-0.39, 0.29) is 0 Å². The van der Waals surface area contributed by atoms with Crippen LogP contribution in [0.25, 0.3) is 21.2 Å². The van der Waals surface area contributed by atoms with Crippen molar-refractivity contribution >= 4 is 22.1 Å². The lowest BCUT2D eigenvalue weighted by Gasteiger charge is -2.08. The second-order valence-corrected chi connectivity index (χ2v) is 5.62. The summed E-state index contributed by atoms with van der Waals surface area (Å²) < 4.78 is 0. The van der Waals surface area contributed by atoms with Gasteiger partial charge in [0.15, 0.2) is 0 Å². The molecular weight excluding hydrogens is 238 g/mol. The van der Waals surface area contributed by atoms with Crippen molar-refractivity contribution in [3.05, 3.63) is 59.0 Å². The summed E-state index contributed by atoms with van der Waals surface area (Å²) in [5.74, 6) is 0. The molecule has 0 unspecified atom stereocenters. The second kappa shape index (κ2) is 4.56. The first-order chi connectivity index (χ1) is 8.79. The number of aryl methyl sites for hydroxylation is 1. The first kappa shape index (κ1) is 11.5. The van der Waals surface area contributed by atoms with Crippen LogP contribution in [0.2, 0.25) is 0 Å². The number of nitrogens with two attached hydrogens (primary N) is 1. The summed E-state index contributed by atoms with van der Waals surface area (Å²) in [4.78, 5) is 2.54. The highest BCUT2D eigenvalue weighted by molar-refractivity contribution is 7.15. The molecule has 1 heterocycles. The predicted molar refractivity (Wildman–Crippen MR) is 79.9 cm³/mol. The molecule has 1 aromatic heterocycles. The molecule has 18 heavy (non-hydrogen) atoms. The number of fused-ring (bicyclic) bond motifs is 1. The van der Waals surface area contributed by atoms with Gasteiger partial charge in [0, 0.05) is 21.9 Å². The monoisotopic (exact) mass is 253 g/mol. The Labute approximate surface area is 111 Å². The quantitative estimate of drug-likeness (QED) is 0.722. The van der Waals surface area contributed by atoms with E-state index in [1.165, 1.54) is 31.7 Å². The first-order valence-corrected chi connectivity index (χ1v) is 6.89. The minimum Gasteiger partial charge on any atom is -0.326 e. The zero-order chi connectivity index (χ0) is 12.5. The summed E-state index contributed by atoms with van der Waals surface area (Å²) in [5, 5.41) is 2.61. The Kier molecular flexibility index (Phi) is 2.90. The molecule has 0 aliphatic heterocycles. The fourth-order valence-corrected chi connectivity index (χ4v) is 3.34. The number of benzene rings is 2. The van der Waals surface area contributed by atoms with E-state index in [1.807, 2.05) is 0 Å². The lowest BCUT2D eigenvalue weighted by molar-refractivity contribution is 1.11. The van der Waals surface area contributed by atoms with E-state index >= 15 is 0 Å². The van der Waals surface area contributed by atoms with Crippen molar-refractivity contribution in [3.63, 3.8) is 0 Å². The number of hydrogen-bond donors (Lipinski definition) is 1. The largest absolute Gasteiger partial charge is 0.326 e. The Balaban J connectivity index is 2.29. The highest BCUT2D eigenvalue weighted by atomic mass is 32.1. The number of rotatable bonds is 2. The average Bonchev–Trinajstić information content (AvgIpc) is 2.87. The minimum absolute atomic E-state index is 0.620. The van der Waals surface area contributed by atoms with Crippen LogP contribution in [0.4, 0.5) is 0 Å². The van der Waals surface area contributed by atoms with Crippen LogP contribution < -0.4 is 5.73 Å². The molecule has 0 saturated carbocycles. The van der Waals surface area contributed by atoms with E-state index in [2.05, 4.69) is 55.5 Å². The van der Waals surface area contributed by atoms with Gasteiger partial charge in [0.2, 0.25) is 0 Å².